The monoisotopic (exact) mass is 308 g/mol. The fraction of sp³-hybridized carbons (Fsp3) is 0.333. The third-order valence-corrected chi connectivity index (χ3v) is 4.93. The van der Waals surface area contributed by atoms with Gasteiger partial charge in [0.1, 0.15) is 5.76 Å². The number of hydrogen-bond acceptors (Lipinski definition) is 4. The number of sulfonamides is 1. The second-order valence-corrected chi connectivity index (χ2v) is 6.63. The summed E-state index contributed by atoms with van der Waals surface area (Å²) < 4.78 is 32.7. The molecule has 0 fully saturated rings. The summed E-state index contributed by atoms with van der Waals surface area (Å²) in [5, 5.41) is 0. The fourth-order valence-corrected chi connectivity index (χ4v) is 3.66. The highest BCUT2D eigenvalue weighted by Crippen LogP contribution is 2.16. The Labute approximate surface area is 125 Å². The lowest BCUT2D eigenvalue weighted by molar-refractivity contribution is 0.480. The first kappa shape index (κ1) is 15.8. The molecule has 5 nitrogen and oxygen atoms in total. The molecule has 2 rings (SSSR count). The van der Waals surface area contributed by atoms with Crippen LogP contribution in [0.5, 0.6) is 0 Å². The Balaban J connectivity index is 2.03. The summed E-state index contributed by atoms with van der Waals surface area (Å²) in [4.78, 5) is 0.248. The van der Waals surface area contributed by atoms with Crippen LogP contribution in [0.2, 0.25) is 0 Å². The van der Waals surface area contributed by atoms with Gasteiger partial charge in [-0.1, -0.05) is 18.2 Å². The summed E-state index contributed by atoms with van der Waals surface area (Å²) >= 11 is 0. The Kier molecular flexibility index (Phi) is 5.17. The minimum atomic E-state index is -3.55. The van der Waals surface area contributed by atoms with Gasteiger partial charge in [0, 0.05) is 19.0 Å². The quantitative estimate of drug-likeness (QED) is 0.819. The molecule has 0 radical (unpaired) electrons. The summed E-state index contributed by atoms with van der Waals surface area (Å²) in [6, 6.07) is 10.3. The SMILES string of the molecule is CC(CCc1ccco1)NS(=O)(=O)c1ccccc1CN. The lowest BCUT2D eigenvalue weighted by atomic mass is 10.2. The Bertz CT molecular complexity index is 666. The van der Waals surface area contributed by atoms with Crippen LogP contribution < -0.4 is 10.5 Å². The molecule has 1 aromatic heterocycles. The van der Waals surface area contributed by atoms with E-state index in [4.69, 9.17) is 10.2 Å². The minimum Gasteiger partial charge on any atom is -0.469 e. The third-order valence-electron chi connectivity index (χ3n) is 3.24. The maximum Gasteiger partial charge on any atom is 0.241 e. The van der Waals surface area contributed by atoms with Crippen LogP contribution >= 0.6 is 0 Å². The van der Waals surface area contributed by atoms with Crippen molar-refractivity contribution in [2.45, 2.75) is 37.2 Å². The number of benzene rings is 1. The van der Waals surface area contributed by atoms with Gasteiger partial charge in [-0.05, 0) is 37.1 Å². The fourth-order valence-electron chi connectivity index (χ4n) is 2.14. The topological polar surface area (TPSA) is 85.3 Å². The average molecular weight is 308 g/mol. The number of rotatable bonds is 7. The van der Waals surface area contributed by atoms with Crippen LogP contribution in [0.4, 0.5) is 0 Å². The summed E-state index contributed by atoms with van der Waals surface area (Å²) in [5.74, 6) is 0.850. The van der Waals surface area contributed by atoms with Gasteiger partial charge in [-0.25, -0.2) is 13.1 Å². The summed E-state index contributed by atoms with van der Waals surface area (Å²) in [5.41, 5.74) is 6.21. The van der Waals surface area contributed by atoms with Crippen LogP contribution in [0.25, 0.3) is 0 Å². The predicted molar refractivity (Wildman–Crippen MR) is 81.1 cm³/mol. The first-order valence-electron chi connectivity index (χ1n) is 6.85. The van der Waals surface area contributed by atoms with Crippen LogP contribution in [0.15, 0.2) is 52.0 Å². The van der Waals surface area contributed by atoms with E-state index in [1.54, 1.807) is 30.5 Å². The molecule has 0 saturated carbocycles. The van der Waals surface area contributed by atoms with Crippen molar-refractivity contribution in [3.8, 4) is 0 Å². The van der Waals surface area contributed by atoms with Crippen molar-refractivity contribution >= 4 is 10.0 Å². The van der Waals surface area contributed by atoms with Crippen LogP contribution in [0.1, 0.15) is 24.7 Å². The van der Waals surface area contributed by atoms with Gasteiger partial charge in [0.25, 0.3) is 0 Å². The van der Waals surface area contributed by atoms with E-state index in [0.717, 1.165) is 5.76 Å². The van der Waals surface area contributed by atoms with Gasteiger partial charge in [0.15, 0.2) is 0 Å². The van der Waals surface area contributed by atoms with E-state index in [1.165, 1.54) is 0 Å². The largest absolute Gasteiger partial charge is 0.469 e. The second-order valence-electron chi connectivity index (χ2n) is 4.95. The summed E-state index contributed by atoms with van der Waals surface area (Å²) in [6.45, 7) is 2.03. The molecule has 1 unspecified atom stereocenters. The normalized spacial score (nSPS) is 13.2. The molecule has 1 heterocycles. The van der Waals surface area contributed by atoms with Crippen LogP contribution in [-0.4, -0.2) is 14.5 Å². The highest BCUT2D eigenvalue weighted by molar-refractivity contribution is 7.89. The van der Waals surface area contributed by atoms with E-state index in [1.807, 2.05) is 19.1 Å². The van der Waals surface area contributed by atoms with Crippen molar-refractivity contribution in [2.24, 2.45) is 5.73 Å². The van der Waals surface area contributed by atoms with Crippen molar-refractivity contribution in [2.75, 3.05) is 0 Å². The smallest absolute Gasteiger partial charge is 0.241 e. The van der Waals surface area contributed by atoms with Crippen molar-refractivity contribution in [1.82, 2.24) is 4.72 Å². The maximum atomic E-state index is 12.4. The maximum absolute atomic E-state index is 12.4. The molecular formula is C15H20N2O3S. The first-order valence-corrected chi connectivity index (χ1v) is 8.34. The van der Waals surface area contributed by atoms with Gasteiger partial charge in [-0.3, -0.25) is 0 Å². The van der Waals surface area contributed by atoms with Gasteiger partial charge in [-0.15, -0.1) is 0 Å². The molecule has 0 aliphatic heterocycles. The van der Waals surface area contributed by atoms with E-state index in [0.29, 0.717) is 18.4 Å². The van der Waals surface area contributed by atoms with Gasteiger partial charge in [0.2, 0.25) is 10.0 Å². The molecule has 21 heavy (non-hydrogen) atoms. The Morgan fingerprint density at radius 1 is 1.24 bits per heavy atom. The zero-order valence-electron chi connectivity index (χ0n) is 12.0. The van der Waals surface area contributed by atoms with Gasteiger partial charge >= 0.3 is 0 Å². The van der Waals surface area contributed by atoms with Gasteiger partial charge < -0.3 is 10.2 Å². The number of nitrogens with one attached hydrogen (secondary N) is 1. The molecule has 0 saturated heterocycles. The number of aryl methyl sites for hydroxylation is 1. The highest BCUT2D eigenvalue weighted by Gasteiger charge is 2.20. The van der Waals surface area contributed by atoms with Gasteiger partial charge in [-0.2, -0.15) is 0 Å². The van der Waals surface area contributed by atoms with Crippen LogP contribution in [0.3, 0.4) is 0 Å². The zero-order valence-corrected chi connectivity index (χ0v) is 12.8. The number of hydrogen-bond donors (Lipinski definition) is 2. The second kappa shape index (κ2) is 6.89. The molecule has 0 aliphatic rings. The van der Waals surface area contributed by atoms with Crippen LogP contribution in [-0.2, 0) is 23.0 Å². The third kappa shape index (κ3) is 4.17. The molecule has 1 aromatic carbocycles. The Hall–Kier alpha value is -1.63. The number of furan rings is 1. The van der Waals surface area contributed by atoms with Crippen LogP contribution in [0, 0.1) is 0 Å². The predicted octanol–water partition coefficient (Wildman–Crippen LogP) is 2.04. The van der Waals surface area contributed by atoms with Crippen molar-refractivity contribution in [3.05, 3.63) is 54.0 Å². The van der Waals surface area contributed by atoms with Crippen molar-refractivity contribution < 1.29 is 12.8 Å². The lowest BCUT2D eigenvalue weighted by Crippen LogP contribution is -2.33. The molecular weight excluding hydrogens is 288 g/mol. The molecule has 2 aromatic rings. The average Bonchev–Trinajstić information content (AvgIpc) is 2.98. The lowest BCUT2D eigenvalue weighted by Gasteiger charge is -2.15. The van der Waals surface area contributed by atoms with E-state index in [9.17, 15) is 8.42 Å². The molecule has 0 aliphatic carbocycles. The molecule has 0 spiro atoms. The van der Waals surface area contributed by atoms with E-state index >= 15 is 0 Å². The summed E-state index contributed by atoms with van der Waals surface area (Å²) in [6.07, 6.45) is 2.97. The molecule has 0 bridgehead atoms. The first-order chi connectivity index (χ1) is 10.0. The zero-order chi connectivity index (χ0) is 15.3. The molecule has 6 heteroatoms. The Morgan fingerprint density at radius 2 is 2.00 bits per heavy atom. The van der Waals surface area contributed by atoms with Crippen molar-refractivity contribution in [1.29, 1.82) is 0 Å². The summed E-state index contributed by atoms with van der Waals surface area (Å²) in [7, 11) is -3.55. The molecule has 114 valence electrons. The van der Waals surface area contributed by atoms with Crippen molar-refractivity contribution in [3.63, 3.8) is 0 Å². The van der Waals surface area contributed by atoms with E-state index in [2.05, 4.69) is 4.72 Å². The molecule has 3 N–H and O–H groups in total. The Morgan fingerprint density at radius 3 is 2.67 bits per heavy atom. The van der Waals surface area contributed by atoms with E-state index < -0.39 is 10.0 Å². The number of nitrogens with two attached hydrogens (primary N) is 1. The molecule has 1 atom stereocenters. The minimum absolute atomic E-state index is 0.189. The standard InChI is InChI=1S/C15H20N2O3S/c1-12(8-9-14-6-4-10-20-14)17-21(18,19)15-7-3-2-5-13(15)11-16/h2-7,10,12,17H,8-9,11,16H2,1H3. The molecule has 0 amide bonds. The van der Waals surface area contributed by atoms with E-state index in [-0.39, 0.29) is 17.5 Å². The highest BCUT2D eigenvalue weighted by atomic mass is 32.2. The van der Waals surface area contributed by atoms with Gasteiger partial charge in [0.05, 0.1) is 11.2 Å².